The summed E-state index contributed by atoms with van der Waals surface area (Å²) in [6.45, 7) is 3.17. The monoisotopic (exact) mass is 377 g/mol. The quantitative estimate of drug-likeness (QED) is 0.660. The van der Waals surface area contributed by atoms with Crippen molar-refractivity contribution in [2.45, 2.75) is 26.0 Å². The van der Waals surface area contributed by atoms with E-state index in [1.807, 2.05) is 0 Å². The average Bonchev–Trinajstić information content (AvgIpc) is 2.70. The van der Waals surface area contributed by atoms with Crippen molar-refractivity contribution in [3.05, 3.63) is 35.7 Å². The Morgan fingerprint density at radius 1 is 1.07 bits per heavy atom. The molecule has 9 nitrogen and oxygen atoms in total. The van der Waals surface area contributed by atoms with Crippen LogP contribution in [-0.2, 0) is 19.1 Å². The first-order chi connectivity index (χ1) is 13.3. The van der Waals surface area contributed by atoms with Crippen LogP contribution in [0.2, 0.25) is 0 Å². The standard InChI is InChI=1S/C19H15N5O4/c1-12(2)28-17(26)15-14(16(25)27-3)19(10-22,11-23)18(8-20,9-21)13-6-4-5-7-24(13)15/h4-7,12-13H,1-3H3. The number of carbonyl (C=O) groups is 2. The van der Waals surface area contributed by atoms with Crippen LogP contribution in [0.5, 0.6) is 0 Å². The summed E-state index contributed by atoms with van der Waals surface area (Å²) in [5.41, 5.74) is -6.03. The van der Waals surface area contributed by atoms with Gasteiger partial charge in [-0.25, -0.2) is 9.59 Å². The van der Waals surface area contributed by atoms with E-state index >= 15 is 0 Å². The molecule has 0 aliphatic carbocycles. The SMILES string of the molecule is COC(=O)C1=C(C(=O)OC(C)C)N2C=CC=CC2C(C#N)(C#N)C1(C#N)C#N. The highest BCUT2D eigenvalue weighted by atomic mass is 16.5. The van der Waals surface area contributed by atoms with Crippen LogP contribution < -0.4 is 0 Å². The zero-order valence-corrected chi connectivity index (χ0v) is 15.3. The van der Waals surface area contributed by atoms with Crippen molar-refractivity contribution < 1.29 is 19.1 Å². The van der Waals surface area contributed by atoms with Crippen molar-refractivity contribution >= 4 is 11.9 Å². The van der Waals surface area contributed by atoms with Crippen LogP contribution in [0, 0.1) is 56.2 Å². The van der Waals surface area contributed by atoms with E-state index in [1.54, 1.807) is 38.1 Å². The largest absolute Gasteiger partial charge is 0.466 e. The number of hydrogen-bond donors (Lipinski definition) is 0. The van der Waals surface area contributed by atoms with Gasteiger partial charge in [0.15, 0.2) is 0 Å². The molecule has 0 radical (unpaired) electrons. The van der Waals surface area contributed by atoms with E-state index in [-0.39, 0.29) is 0 Å². The first kappa shape index (κ1) is 20.2. The first-order valence-electron chi connectivity index (χ1n) is 8.12. The molecular weight excluding hydrogens is 362 g/mol. The summed E-state index contributed by atoms with van der Waals surface area (Å²) in [6.07, 6.45) is 5.23. The summed E-state index contributed by atoms with van der Waals surface area (Å²) in [7, 11) is 0.999. The molecule has 0 spiro atoms. The maximum atomic E-state index is 12.8. The lowest BCUT2D eigenvalue weighted by atomic mass is 9.55. The van der Waals surface area contributed by atoms with Gasteiger partial charge in [-0.05, 0) is 19.9 Å². The second-order valence-electron chi connectivity index (χ2n) is 6.25. The van der Waals surface area contributed by atoms with Crippen LogP contribution in [-0.4, -0.2) is 36.1 Å². The third kappa shape index (κ3) is 2.50. The van der Waals surface area contributed by atoms with Crippen molar-refractivity contribution in [3.63, 3.8) is 0 Å². The van der Waals surface area contributed by atoms with Gasteiger partial charge in [0, 0.05) is 6.20 Å². The van der Waals surface area contributed by atoms with Gasteiger partial charge in [-0.15, -0.1) is 0 Å². The van der Waals surface area contributed by atoms with Gasteiger partial charge >= 0.3 is 11.9 Å². The van der Waals surface area contributed by atoms with Gasteiger partial charge in [0.05, 0.1) is 43.5 Å². The summed E-state index contributed by atoms with van der Waals surface area (Å²) in [5.74, 6) is -2.17. The van der Waals surface area contributed by atoms with Crippen molar-refractivity contribution in [1.29, 1.82) is 21.0 Å². The number of hydrogen-bond acceptors (Lipinski definition) is 9. The fourth-order valence-corrected chi connectivity index (χ4v) is 3.26. The molecule has 1 unspecified atom stereocenters. The van der Waals surface area contributed by atoms with E-state index in [0.29, 0.717) is 0 Å². The summed E-state index contributed by atoms with van der Waals surface area (Å²) in [5, 5.41) is 39.5. The van der Waals surface area contributed by atoms with Crippen LogP contribution in [0.3, 0.4) is 0 Å². The van der Waals surface area contributed by atoms with Crippen LogP contribution in [0.4, 0.5) is 0 Å². The van der Waals surface area contributed by atoms with Crippen LogP contribution in [0.1, 0.15) is 13.8 Å². The molecule has 2 heterocycles. The number of rotatable bonds is 3. The first-order valence-corrected chi connectivity index (χ1v) is 8.12. The van der Waals surface area contributed by atoms with E-state index in [2.05, 4.69) is 0 Å². The van der Waals surface area contributed by atoms with Crippen LogP contribution in [0.15, 0.2) is 35.7 Å². The van der Waals surface area contributed by atoms with Gasteiger partial charge in [-0.2, -0.15) is 21.0 Å². The molecule has 2 aliphatic heterocycles. The zero-order chi connectivity index (χ0) is 21.1. The molecule has 28 heavy (non-hydrogen) atoms. The smallest absolute Gasteiger partial charge is 0.355 e. The Hall–Kier alpha value is -4.08. The Morgan fingerprint density at radius 2 is 1.68 bits per heavy atom. The van der Waals surface area contributed by atoms with E-state index < -0.39 is 46.2 Å². The molecule has 2 rings (SSSR count). The molecule has 9 heteroatoms. The normalized spacial score (nSPS) is 20.9. The number of nitrogens with zero attached hydrogens (tertiary/aromatic N) is 5. The minimum Gasteiger partial charge on any atom is -0.466 e. The molecule has 0 fully saturated rings. The number of methoxy groups -OCH3 is 1. The Kier molecular flexibility index (Phi) is 5.25. The van der Waals surface area contributed by atoms with E-state index in [1.165, 1.54) is 29.3 Å². The number of nitriles is 4. The van der Waals surface area contributed by atoms with Crippen molar-refractivity contribution in [2.24, 2.45) is 10.8 Å². The highest BCUT2D eigenvalue weighted by Crippen LogP contribution is 2.54. The van der Waals surface area contributed by atoms with Crippen molar-refractivity contribution in [2.75, 3.05) is 7.11 Å². The minimum atomic E-state index is -2.59. The molecule has 0 saturated heterocycles. The second kappa shape index (κ2) is 7.27. The molecule has 0 aromatic heterocycles. The van der Waals surface area contributed by atoms with Crippen molar-refractivity contribution in [3.8, 4) is 24.3 Å². The zero-order valence-electron chi connectivity index (χ0n) is 15.3. The highest BCUT2D eigenvalue weighted by Gasteiger charge is 2.69. The summed E-state index contributed by atoms with van der Waals surface area (Å²) < 4.78 is 9.89. The van der Waals surface area contributed by atoms with E-state index in [4.69, 9.17) is 9.47 Å². The molecule has 2 aliphatic rings. The lowest BCUT2D eigenvalue weighted by Gasteiger charge is -2.47. The van der Waals surface area contributed by atoms with E-state index in [0.717, 1.165) is 7.11 Å². The maximum Gasteiger partial charge on any atom is 0.355 e. The molecule has 1 atom stereocenters. The number of fused-ring (bicyclic) bond motifs is 1. The Bertz CT molecular complexity index is 950. The van der Waals surface area contributed by atoms with Gasteiger partial charge in [0.25, 0.3) is 0 Å². The molecule has 0 aromatic rings. The molecule has 140 valence electrons. The number of allylic oxidation sites excluding steroid dienone is 2. The fourth-order valence-electron chi connectivity index (χ4n) is 3.26. The lowest BCUT2D eigenvalue weighted by Crippen LogP contribution is -2.60. The maximum absolute atomic E-state index is 12.8. The summed E-state index contributed by atoms with van der Waals surface area (Å²) in [4.78, 5) is 26.6. The average molecular weight is 377 g/mol. The van der Waals surface area contributed by atoms with Gasteiger partial charge in [0.2, 0.25) is 10.8 Å². The van der Waals surface area contributed by atoms with Gasteiger partial charge in [-0.3, -0.25) is 0 Å². The predicted molar refractivity (Wildman–Crippen MR) is 91.5 cm³/mol. The Labute approximate surface area is 161 Å². The van der Waals surface area contributed by atoms with Crippen LogP contribution in [0.25, 0.3) is 0 Å². The summed E-state index contributed by atoms with van der Waals surface area (Å²) in [6, 6.07) is 5.58. The van der Waals surface area contributed by atoms with E-state index in [9.17, 15) is 30.6 Å². The number of esters is 2. The minimum absolute atomic E-state index is 0.421. The lowest BCUT2D eigenvalue weighted by molar-refractivity contribution is -0.147. The third-order valence-corrected chi connectivity index (χ3v) is 4.47. The predicted octanol–water partition coefficient (Wildman–Crippen LogP) is 1.20. The van der Waals surface area contributed by atoms with Crippen molar-refractivity contribution in [1.82, 2.24) is 4.90 Å². The van der Waals surface area contributed by atoms with Gasteiger partial charge in [0.1, 0.15) is 11.3 Å². The number of ether oxygens (including phenoxy) is 2. The second-order valence-corrected chi connectivity index (χ2v) is 6.25. The Balaban J connectivity index is 3.05. The molecule has 0 saturated carbocycles. The molecule has 0 bridgehead atoms. The highest BCUT2D eigenvalue weighted by molar-refractivity contribution is 6.03. The molecule has 0 aromatic carbocycles. The third-order valence-electron chi connectivity index (χ3n) is 4.47. The summed E-state index contributed by atoms with van der Waals surface area (Å²) >= 11 is 0. The van der Waals surface area contributed by atoms with Crippen LogP contribution >= 0.6 is 0 Å². The molecular formula is C19H15N5O4. The number of carbonyl (C=O) groups excluding carboxylic acids is 2. The fraction of sp³-hybridized carbons (Fsp3) is 0.368. The topological polar surface area (TPSA) is 151 Å². The Morgan fingerprint density at radius 3 is 2.14 bits per heavy atom. The molecule has 0 amide bonds. The van der Waals surface area contributed by atoms with Gasteiger partial charge < -0.3 is 14.4 Å². The van der Waals surface area contributed by atoms with Gasteiger partial charge in [-0.1, -0.05) is 12.2 Å². The molecule has 0 N–H and O–H groups in total.